The molecule has 1 aromatic carbocycles. The van der Waals surface area contributed by atoms with E-state index in [9.17, 15) is 9.90 Å². The maximum absolute atomic E-state index is 12.5. The Bertz CT molecular complexity index is 609. The Morgan fingerprint density at radius 1 is 1.31 bits per heavy atom. The quantitative estimate of drug-likeness (QED) is 0.880. The van der Waals surface area contributed by atoms with Crippen LogP contribution < -0.4 is 4.74 Å². The fourth-order valence-electron chi connectivity index (χ4n) is 4.10. The first-order valence-electron chi connectivity index (χ1n) is 9.40. The smallest absolute Gasteiger partial charge is 0.255 e. The van der Waals surface area contributed by atoms with E-state index in [4.69, 9.17) is 9.47 Å². The standard InChI is InChI=1S/C20H30N2O4/c1-20(19(24)21(2)3)14-22(12-13-25-20)16-10-7-11-17(18(16)23)26-15-8-5-4-6-9-15/h4-6,8-9,16-18,23H,7,10-14H2,1-3H3/t16-,17+,18+,20-/m0/s1. The SMILES string of the molecule is CN(C)C(=O)[C@]1(C)CN([C@H]2CCC[C@@H](Oc3ccccc3)[C@@H]2O)CCO1. The van der Waals surface area contributed by atoms with Crippen molar-refractivity contribution < 1.29 is 19.4 Å². The summed E-state index contributed by atoms with van der Waals surface area (Å²) in [6.45, 7) is 3.54. The number of amides is 1. The number of carbonyl (C=O) groups is 1. The first-order chi connectivity index (χ1) is 12.4. The lowest BCUT2D eigenvalue weighted by molar-refractivity contribution is -0.172. The van der Waals surface area contributed by atoms with Crippen molar-refractivity contribution in [2.24, 2.45) is 0 Å². The summed E-state index contributed by atoms with van der Waals surface area (Å²) in [5, 5.41) is 11.0. The molecule has 1 saturated carbocycles. The Morgan fingerprint density at radius 3 is 2.73 bits per heavy atom. The van der Waals surface area contributed by atoms with Crippen LogP contribution in [0.25, 0.3) is 0 Å². The van der Waals surface area contributed by atoms with Crippen molar-refractivity contribution >= 4 is 5.91 Å². The van der Waals surface area contributed by atoms with Crippen LogP contribution in [0.15, 0.2) is 30.3 Å². The number of likely N-dealkylation sites (N-methyl/N-ethyl adjacent to an activating group) is 1. The summed E-state index contributed by atoms with van der Waals surface area (Å²) in [4.78, 5) is 16.3. The minimum absolute atomic E-state index is 0.0179. The van der Waals surface area contributed by atoms with Crippen molar-refractivity contribution in [2.75, 3.05) is 33.8 Å². The summed E-state index contributed by atoms with van der Waals surface area (Å²) in [6, 6.07) is 9.62. The van der Waals surface area contributed by atoms with Crippen molar-refractivity contribution in [1.82, 2.24) is 9.80 Å². The highest BCUT2D eigenvalue weighted by molar-refractivity contribution is 5.84. The van der Waals surface area contributed by atoms with Gasteiger partial charge in [0.2, 0.25) is 0 Å². The molecule has 0 spiro atoms. The van der Waals surface area contributed by atoms with Crippen LogP contribution in [0.5, 0.6) is 5.75 Å². The molecule has 26 heavy (non-hydrogen) atoms. The highest BCUT2D eigenvalue weighted by Crippen LogP contribution is 2.30. The summed E-state index contributed by atoms with van der Waals surface area (Å²) < 4.78 is 11.9. The molecule has 1 aliphatic heterocycles. The first kappa shape index (κ1) is 19.1. The maximum Gasteiger partial charge on any atom is 0.255 e. The second kappa shape index (κ2) is 7.94. The number of nitrogens with zero attached hydrogens (tertiary/aromatic N) is 2. The first-order valence-corrected chi connectivity index (χ1v) is 9.40. The highest BCUT2D eigenvalue weighted by Gasteiger charge is 2.45. The minimum atomic E-state index is -0.866. The maximum atomic E-state index is 12.5. The van der Waals surface area contributed by atoms with Gasteiger partial charge in [-0.3, -0.25) is 9.69 Å². The third-order valence-corrected chi connectivity index (χ3v) is 5.43. The van der Waals surface area contributed by atoms with E-state index in [-0.39, 0.29) is 18.1 Å². The molecule has 144 valence electrons. The van der Waals surface area contributed by atoms with E-state index >= 15 is 0 Å². The predicted molar refractivity (Wildman–Crippen MR) is 99.1 cm³/mol. The number of hydrogen-bond acceptors (Lipinski definition) is 5. The zero-order valence-corrected chi connectivity index (χ0v) is 15.9. The summed E-state index contributed by atoms with van der Waals surface area (Å²) in [7, 11) is 3.49. The summed E-state index contributed by atoms with van der Waals surface area (Å²) in [5.74, 6) is 0.747. The third-order valence-electron chi connectivity index (χ3n) is 5.43. The van der Waals surface area contributed by atoms with Crippen LogP contribution in [-0.2, 0) is 9.53 Å². The van der Waals surface area contributed by atoms with E-state index in [1.165, 1.54) is 0 Å². The fraction of sp³-hybridized carbons (Fsp3) is 0.650. The van der Waals surface area contributed by atoms with Crippen LogP contribution in [-0.4, -0.2) is 78.5 Å². The highest BCUT2D eigenvalue weighted by atomic mass is 16.5. The molecule has 0 bridgehead atoms. The van der Waals surface area contributed by atoms with Crippen LogP contribution in [0.3, 0.4) is 0 Å². The Balaban J connectivity index is 1.69. The Hall–Kier alpha value is -1.63. The molecule has 1 aliphatic carbocycles. The number of rotatable bonds is 4. The molecule has 2 aliphatic rings. The topological polar surface area (TPSA) is 62.2 Å². The number of para-hydroxylation sites is 1. The number of ether oxygens (including phenoxy) is 2. The molecule has 3 rings (SSSR count). The van der Waals surface area contributed by atoms with Gasteiger partial charge in [-0.1, -0.05) is 18.2 Å². The lowest BCUT2D eigenvalue weighted by Gasteiger charge is -2.47. The Labute approximate surface area is 155 Å². The number of aliphatic hydroxyl groups excluding tert-OH is 1. The lowest BCUT2D eigenvalue weighted by Crippen LogP contribution is -2.63. The van der Waals surface area contributed by atoms with Gasteiger partial charge in [0.05, 0.1) is 6.61 Å². The minimum Gasteiger partial charge on any atom is -0.488 e. The number of aliphatic hydroxyl groups is 1. The van der Waals surface area contributed by atoms with E-state index in [1.807, 2.05) is 37.3 Å². The van der Waals surface area contributed by atoms with Gasteiger partial charge < -0.3 is 19.5 Å². The van der Waals surface area contributed by atoms with Gasteiger partial charge in [-0.25, -0.2) is 0 Å². The molecule has 1 N–H and O–H groups in total. The summed E-state index contributed by atoms with van der Waals surface area (Å²) >= 11 is 0. The summed E-state index contributed by atoms with van der Waals surface area (Å²) in [6.07, 6.45) is 1.93. The molecule has 0 radical (unpaired) electrons. The van der Waals surface area contributed by atoms with Gasteiger partial charge in [-0.05, 0) is 38.3 Å². The number of morpholine rings is 1. The fourth-order valence-corrected chi connectivity index (χ4v) is 4.10. The Morgan fingerprint density at radius 2 is 2.04 bits per heavy atom. The van der Waals surface area contributed by atoms with Gasteiger partial charge in [-0.2, -0.15) is 0 Å². The normalized spacial score (nSPS) is 32.8. The number of benzene rings is 1. The molecule has 6 heteroatoms. The monoisotopic (exact) mass is 362 g/mol. The van der Waals surface area contributed by atoms with E-state index in [1.54, 1.807) is 19.0 Å². The van der Waals surface area contributed by atoms with E-state index in [0.29, 0.717) is 13.2 Å². The second-order valence-electron chi connectivity index (χ2n) is 7.71. The molecule has 0 unspecified atom stereocenters. The van der Waals surface area contributed by atoms with Crippen LogP contribution in [0.2, 0.25) is 0 Å². The average Bonchev–Trinajstić information content (AvgIpc) is 2.63. The third kappa shape index (κ3) is 4.03. The second-order valence-corrected chi connectivity index (χ2v) is 7.71. The van der Waals surface area contributed by atoms with Crippen molar-refractivity contribution in [2.45, 2.75) is 50.0 Å². The molecule has 1 saturated heterocycles. The van der Waals surface area contributed by atoms with E-state index in [0.717, 1.165) is 31.6 Å². The van der Waals surface area contributed by atoms with Crippen molar-refractivity contribution in [3.8, 4) is 5.75 Å². The van der Waals surface area contributed by atoms with Crippen LogP contribution in [0.4, 0.5) is 0 Å². The van der Waals surface area contributed by atoms with Gasteiger partial charge in [0.1, 0.15) is 18.0 Å². The van der Waals surface area contributed by atoms with Crippen molar-refractivity contribution in [1.29, 1.82) is 0 Å². The van der Waals surface area contributed by atoms with Gasteiger partial charge >= 0.3 is 0 Å². The van der Waals surface area contributed by atoms with Gasteiger partial charge in [0, 0.05) is 33.2 Å². The molecule has 6 nitrogen and oxygen atoms in total. The van der Waals surface area contributed by atoms with Crippen molar-refractivity contribution in [3.63, 3.8) is 0 Å². The van der Waals surface area contributed by atoms with Gasteiger partial charge in [-0.15, -0.1) is 0 Å². The largest absolute Gasteiger partial charge is 0.488 e. The number of carbonyl (C=O) groups excluding carboxylic acids is 1. The molecule has 1 aromatic rings. The molecular weight excluding hydrogens is 332 g/mol. The van der Waals surface area contributed by atoms with E-state index in [2.05, 4.69) is 4.90 Å². The molecule has 0 aromatic heterocycles. The van der Waals surface area contributed by atoms with Crippen molar-refractivity contribution in [3.05, 3.63) is 30.3 Å². The predicted octanol–water partition coefficient (Wildman–Crippen LogP) is 1.53. The lowest BCUT2D eigenvalue weighted by atomic mass is 9.87. The molecule has 1 amide bonds. The average molecular weight is 362 g/mol. The zero-order valence-electron chi connectivity index (χ0n) is 15.9. The molecular formula is C20H30N2O4. The van der Waals surface area contributed by atoms with E-state index < -0.39 is 11.7 Å². The number of hydrogen-bond donors (Lipinski definition) is 1. The van der Waals surface area contributed by atoms with Crippen LogP contribution in [0, 0.1) is 0 Å². The zero-order chi connectivity index (χ0) is 18.7. The van der Waals surface area contributed by atoms with Gasteiger partial charge in [0.15, 0.2) is 5.60 Å². The van der Waals surface area contributed by atoms with Crippen LogP contribution >= 0.6 is 0 Å². The molecule has 4 atom stereocenters. The molecule has 1 heterocycles. The summed E-state index contributed by atoms with van der Waals surface area (Å²) in [5.41, 5.74) is -0.866. The van der Waals surface area contributed by atoms with Gasteiger partial charge in [0.25, 0.3) is 5.91 Å². The Kier molecular flexibility index (Phi) is 5.85. The van der Waals surface area contributed by atoms with Crippen LogP contribution in [0.1, 0.15) is 26.2 Å². The molecule has 2 fully saturated rings.